The number of aromatic nitrogens is 1. The van der Waals surface area contributed by atoms with Crippen molar-refractivity contribution in [3.8, 4) is 0 Å². The molecule has 2 nitrogen and oxygen atoms in total. The summed E-state index contributed by atoms with van der Waals surface area (Å²) in [6, 6.07) is 2.15. The lowest BCUT2D eigenvalue weighted by Crippen LogP contribution is -2.29. The molecule has 1 N–H and O–H groups in total. The molecule has 18 heavy (non-hydrogen) atoms. The summed E-state index contributed by atoms with van der Waals surface area (Å²) in [6.45, 7) is 11.1. The van der Waals surface area contributed by atoms with Crippen molar-refractivity contribution in [3.63, 3.8) is 0 Å². The minimum Gasteiger partial charge on any atom is -0.326 e. The largest absolute Gasteiger partial charge is 0.326 e. The Morgan fingerprint density at radius 3 is 2.56 bits per heavy atom. The van der Waals surface area contributed by atoms with Crippen molar-refractivity contribution in [3.05, 3.63) is 33.2 Å². The molecule has 1 aromatic rings. The number of hydrogen-bond acceptors (Lipinski definition) is 1. The third-order valence-electron chi connectivity index (χ3n) is 4.30. The number of hydrogen-bond donors (Lipinski definition) is 1. The number of pyridine rings is 1. The molecule has 0 aromatic carbocycles. The van der Waals surface area contributed by atoms with Crippen molar-refractivity contribution in [2.24, 2.45) is 11.3 Å². The highest BCUT2D eigenvalue weighted by Gasteiger charge is 2.29. The van der Waals surface area contributed by atoms with Crippen LogP contribution in [0.15, 0.2) is 10.9 Å². The minimum absolute atomic E-state index is 0.109. The van der Waals surface area contributed by atoms with E-state index in [-0.39, 0.29) is 5.56 Å². The first kappa shape index (κ1) is 13.4. The fourth-order valence-corrected chi connectivity index (χ4v) is 2.89. The van der Waals surface area contributed by atoms with Crippen molar-refractivity contribution >= 4 is 0 Å². The summed E-state index contributed by atoms with van der Waals surface area (Å²) < 4.78 is 0. The van der Waals surface area contributed by atoms with Crippen LogP contribution in [0.2, 0.25) is 0 Å². The Morgan fingerprint density at radius 1 is 1.33 bits per heavy atom. The van der Waals surface area contributed by atoms with E-state index in [0.29, 0.717) is 11.3 Å². The van der Waals surface area contributed by atoms with Crippen molar-refractivity contribution in [1.82, 2.24) is 4.98 Å². The van der Waals surface area contributed by atoms with Gasteiger partial charge in [0, 0.05) is 11.3 Å². The Morgan fingerprint density at radius 2 is 2.00 bits per heavy atom. The van der Waals surface area contributed by atoms with E-state index in [2.05, 4.69) is 45.7 Å². The number of aryl methyl sites for hydroxylation is 1. The van der Waals surface area contributed by atoms with Crippen LogP contribution in [-0.4, -0.2) is 4.98 Å². The van der Waals surface area contributed by atoms with Gasteiger partial charge < -0.3 is 4.98 Å². The van der Waals surface area contributed by atoms with E-state index in [0.717, 1.165) is 24.3 Å². The average Bonchev–Trinajstić information content (AvgIpc) is 2.25. The highest BCUT2D eigenvalue weighted by atomic mass is 16.1. The molecule has 2 heteroatoms. The molecule has 1 atom stereocenters. The lowest BCUT2D eigenvalue weighted by Gasteiger charge is -2.35. The van der Waals surface area contributed by atoms with Crippen LogP contribution in [0.5, 0.6) is 0 Å². The summed E-state index contributed by atoms with van der Waals surface area (Å²) in [7, 11) is 0. The molecule has 0 aliphatic heterocycles. The van der Waals surface area contributed by atoms with Crippen LogP contribution in [-0.2, 0) is 12.8 Å². The predicted molar refractivity (Wildman–Crippen MR) is 76.1 cm³/mol. The second kappa shape index (κ2) is 4.56. The fraction of sp³-hybridized carbons (Fsp3) is 0.688. The fourth-order valence-electron chi connectivity index (χ4n) is 2.89. The van der Waals surface area contributed by atoms with Crippen molar-refractivity contribution in [2.45, 2.75) is 59.8 Å². The van der Waals surface area contributed by atoms with E-state index in [4.69, 9.17) is 0 Å². The summed E-state index contributed by atoms with van der Waals surface area (Å²) in [5.74, 6) is 1.02. The monoisotopic (exact) mass is 247 g/mol. The van der Waals surface area contributed by atoms with E-state index in [1.807, 2.05) is 0 Å². The average molecular weight is 247 g/mol. The lowest BCUT2D eigenvalue weighted by atomic mass is 9.71. The standard InChI is InChI=1S/C16H25NO/c1-10(2)13-9-11-8-12(16(3,4)5)6-7-14(11)17-15(13)18/h9-10,12H,6-8H2,1-5H3,(H,17,18). The van der Waals surface area contributed by atoms with Gasteiger partial charge in [0.1, 0.15) is 0 Å². The van der Waals surface area contributed by atoms with E-state index in [1.165, 1.54) is 17.7 Å². The first-order chi connectivity index (χ1) is 8.29. The maximum Gasteiger partial charge on any atom is 0.251 e. The normalized spacial score (nSPS) is 20.0. The molecule has 100 valence electrons. The first-order valence-corrected chi connectivity index (χ1v) is 7.04. The highest BCUT2D eigenvalue weighted by molar-refractivity contribution is 5.29. The quantitative estimate of drug-likeness (QED) is 0.807. The number of H-pyrrole nitrogens is 1. The molecule has 0 saturated carbocycles. The van der Waals surface area contributed by atoms with E-state index in [1.54, 1.807) is 0 Å². The zero-order valence-electron chi connectivity index (χ0n) is 12.3. The van der Waals surface area contributed by atoms with Gasteiger partial charge in [-0.3, -0.25) is 4.79 Å². The number of nitrogens with one attached hydrogen (secondary N) is 1. The summed E-state index contributed by atoms with van der Waals surface area (Å²) in [4.78, 5) is 15.0. The van der Waals surface area contributed by atoms with Gasteiger partial charge >= 0.3 is 0 Å². The molecule has 0 fully saturated rings. The maximum absolute atomic E-state index is 12.0. The van der Waals surface area contributed by atoms with Crippen LogP contribution in [0.25, 0.3) is 0 Å². The van der Waals surface area contributed by atoms with E-state index in [9.17, 15) is 4.79 Å². The number of fused-ring (bicyclic) bond motifs is 1. The van der Waals surface area contributed by atoms with Gasteiger partial charge in [0.15, 0.2) is 0 Å². The molecule has 1 unspecified atom stereocenters. The van der Waals surface area contributed by atoms with Gasteiger partial charge in [-0.25, -0.2) is 0 Å². The van der Waals surface area contributed by atoms with Crippen molar-refractivity contribution in [2.75, 3.05) is 0 Å². The Labute approximate surface area is 110 Å². The molecule has 1 aliphatic rings. The minimum atomic E-state index is 0.109. The van der Waals surface area contributed by atoms with Crippen molar-refractivity contribution < 1.29 is 0 Å². The summed E-state index contributed by atoms with van der Waals surface area (Å²) >= 11 is 0. The maximum atomic E-state index is 12.0. The Balaban J connectivity index is 2.37. The number of rotatable bonds is 1. The Kier molecular flexibility index (Phi) is 3.39. The first-order valence-electron chi connectivity index (χ1n) is 7.04. The second-order valence-corrected chi connectivity index (χ2v) is 7.02. The van der Waals surface area contributed by atoms with Crippen LogP contribution in [0.3, 0.4) is 0 Å². The lowest BCUT2D eigenvalue weighted by molar-refractivity contribution is 0.214. The van der Waals surface area contributed by atoms with E-state index >= 15 is 0 Å². The Bertz CT molecular complexity index is 491. The molecular weight excluding hydrogens is 222 g/mol. The van der Waals surface area contributed by atoms with Crippen LogP contribution in [0, 0.1) is 11.3 Å². The van der Waals surface area contributed by atoms with E-state index < -0.39 is 0 Å². The summed E-state index contributed by atoms with van der Waals surface area (Å²) in [5.41, 5.74) is 3.93. The highest BCUT2D eigenvalue weighted by Crippen LogP contribution is 2.36. The predicted octanol–water partition coefficient (Wildman–Crippen LogP) is 3.65. The zero-order chi connectivity index (χ0) is 13.5. The van der Waals surface area contributed by atoms with Crippen LogP contribution < -0.4 is 5.56 Å². The topological polar surface area (TPSA) is 32.9 Å². The van der Waals surface area contributed by atoms with Gasteiger partial charge in [0.05, 0.1) is 0 Å². The second-order valence-electron chi connectivity index (χ2n) is 7.02. The van der Waals surface area contributed by atoms with Crippen LogP contribution >= 0.6 is 0 Å². The molecule has 1 heterocycles. The third-order valence-corrected chi connectivity index (χ3v) is 4.30. The molecule has 1 aliphatic carbocycles. The molecule has 0 bridgehead atoms. The zero-order valence-corrected chi connectivity index (χ0v) is 12.3. The van der Waals surface area contributed by atoms with Gasteiger partial charge in [0.25, 0.3) is 5.56 Å². The van der Waals surface area contributed by atoms with Gasteiger partial charge in [0.2, 0.25) is 0 Å². The van der Waals surface area contributed by atoms with Gasteiger partial charge in [-0.05, 0) is 48.1 Å². The summed E-state index contributed by atoms with van der Waals surface area (Å²) in [6.07, 6.45) is 3.31. The Hall–Kier alpha value is -1.05. The van der Waals surface area contributed by atoms with Gasteiger partial charge in [-0.15, -0.1) is 0 Å². The SMILES string of the molecule is CC(C)c1cc2c([nH]c1=O)CCC(C(C)(C)C)C2. The van der Waals surface area contributed by atoms with Crippen LogP contribution in [0.1, 0.15) is 63.8 Å². The molecule has 0 spiro atoms. The van der Waals surface area contributed by atoms with Gasteiger partial charge in [-0.2, -0.15) is 0 Å². The van der Waals surface area contributed by atoms with Gasteiger partial charge in [-0.1, -0.05) is 34.6 Å². The molecule has 0 saturated heterocycles. The molecule has 1 aromatic heterocycles. The third kappa shape index (κ3) is 2.52. The summed E-state index contributed by atoms with van der Waals surface area (Å²) in [5, 5.41) is 0. The molecule has 0 radical (unpaired) electrons. The molecule has 0 amide bonds. The molecular formula is C16H25NO. The number of aromatic amines is 1. The van der Waals surface area contributed by atoms with Crippen LogP contribution in [0.4, 0.5) is 0 Å². The molecule has 2 rings (SSSR count). The van der Waals surface area contributed by atoms with Crippen molar-refractivity contribution in [1.29, 1.82) is 0 Å². The smallest absolute Gasteiger partial charge is 0.251 e.